The first-order chi connectivity index (χ1) is 6.31. The number of likely N-dealkylation sites (tertiary alicyclic amines) is 1. The largest absolute Gasteiger partial charge is 0.376 e. The molecule has 1 aliphatic carbocycles. The Hall–Kier alpha value is -0.120. The molecule has 2 fully saturated rings. The summed E-state index contributed by atoms with van der Waals surface area (Å²) in [7, 11) is 0. The van der Waals surface area contributed by atoms with Gasteiger partial charge in [-0.05, 0) is 19.8 Å². The van der Waals surface area contributed by atoms with E-state index in [1.54, 1.807) is 0 Å². The van der Waals surface area contributed by atoms with E-state index in [-0.39, 0.29) is 0 Å². The van der Waals surface area contributed by atoms with Crippen molar-refractivity contribution in [2.45, 2.75) is 44.4 Å². The average molecular weight is 184 g/mol. The molecular weight excluding hydrogens is 164 g/mol. The summed E-state index contributed by atoms with van der Waals surface area (Å²) >= 11 is 0. The molecule has 0 radical (unpaired) electrons. The highest BCUT2D eigenvalue weighted by Gasteiger charge is 2.37. The molecule has 0 aromatic carbocycles. The molecule has 1 saturated heterocycles. The molecule has 0 amide bonds. The van der Waals surface area contributed by atoms with Crippen LogP contribution < -0.4 is 5.73 Å². The van der Waals surface area contributed by atoms with Crippen LogP contribution in [0.4, 0.5) is 0 Å². The minimum absolute atomic E-state index is 0.419. The lowest BCUT2D eigenvalue weighted by molar-refractivity contribution is -0.0688. The maximum atomic E-state index is 6.03. The number of ether oxygens (including phenoxy) is 1. The van der Waals surface area contributed by atoms with Crippen LogP contribution in [0.1, 0.15) is 26.2 Å². The monoisotopic (exact) mass is 184 g/mol. The number of hydrogen-bond acceptors (Lipinski definition) is 3. The van der Waals surface area contributed by atoms with Crippen molar-refractivity contribution in [3.05, 3.63) is 0 Å². The van der Waals surface area contributed by atoms with Gasteiger partial charge in [-0.3, -0.25) is 4.90 Å². The Morgan fingerprint density at radius 1 is 1.38 bits per heavy atom. The van der Waals surface area contributed by atoms with Gasteiger partial charge in [0.1, 0.15) is 0 Å². The second-order valence-corrected chi connectivity index (χ2v) is 4.19. The molecule has 0 spiro atoms. The number of nitrogens with two attached hydrogens (primary N) is 1. The zero-order valence-electron chi connectivity index (χ0n) is 8.41. The summed E-state index contributed by atoms with van der Waals surface area (Å²) in [6.45, 7) is 5.11. The molecule has 2 N–H and O–H groups in total. The molecule has 2 rings (SSSR count). The predicted octanol–water partition coefficient (Wildman–Crippen LogP) is 0.587. The van der Waals surface area contributed by atoms with E-state index in [0.29, 0.717) is 18.2 Å². The molecule has 13 heavy (non-hydrogen) atoms. The highest BCUT2D eigenvalue weighted by molar-refractivity contribution is 4.94. The van der Waals surface area contributed by atoms with Crippen LogP contribution in [0.25, 0.3) is 0 Å². The van der Waals surface area contributed by atoms with E-state index in [0.717, 1.165) is 19.7 Å². The first kappa shape index (κ1) is 9.44. The third-order valence-electron chi connectivity index (χ3n) is 3.28. The molecule has 76 valence electrons. The summed E-state index contributed by atoms with van der Waals surface area (Å²) in [5.74, 6) is 0. The summed E-state index contributed by atoms with van der Waals surface area (Å²) in [6.07, 6.45) is 4.29. The summed E-state index contributed by atoms with van der Waals surface area (Å²) in [5.41, 5.74) is 6.03. The molecule has 1 heterocycles. The molecule has 1 saturated carbocycles. The smallest absolute Gasteiger partial charge is 0.0828 e. The van der Waals surface area contributed by atoms with Gasteiger partial charge in [-0.15, -0.1) is 0 Å². The van der Waals surface area contributed by atoms with E-state index >= 15 is 0 Å². The second-order valence-electron chi connectivity index (χ2n) is 4.19. The topological polar surface area (TPSA) is 38.5 Å². The fraction of sp³-hybridized carbons (Fsp3) is 1.00. The van der Waals surface area contributed by atoms with Gasteiger partial charge in [0.2, 0.25) is 0 Å². The summed E-state index contributed by atoms with van der Waals surface area (Å²) in [5, 5.41) is 0. The van der Waals surface area contributed by atoms with Gasteiger partial charge in [0.15, 0.2) is 0 Å². The van der Waals surface area contributed by atoms with Gasteiger partial charge in [0.25, 0.3) is 0 Å². The molecule has 0 aromatic rings. The van der Waals surface area contributed by atoms with Crippen molar-refractivity contribution in [3.8, 4) is 0 Å². The second kappa shape index (κ2) is 3.95. The van der Waals surface area contributed by atoms with Crippen LogP contribution in [-0.2, 0) is 4.74 Å². The first-order valence-electron chi connectivity index (χ1n) is 5.42. The number of rotatable bonds is 3. The Labute approximate surface area is 80.2 Å². The fourth-order valence-corrected chi connectivity index (χ4v) is 2.50. The minimum atomic E-state index is 0.419. The average Bonchev–Trinajstić information content (AvgIpc) is 2.43. The lowest BCUT2D eigenvalue weighted by atomic mass is 10.0. The highest BCUT2D eigenvalue weighted by Crippen LogP contribution is 2.27. The van der Waals surface area contributed by atoms with Gasteiger partial charge in [0.05, 0.1) is 6.10 Å². The fourth-order valence-electron chi connectivity index (χ4n) is 2.50. The Morgan fingerprint density at radius 3 is 2.69 bits per heavy atom. The van der Waals surface area contributed by atoms with Crippen molar-refractivity contribution in [3.63, 3.8) is 0 Å². The molecule has 0 aromatic heterocycles. The van der Waals surface area contributed by atoms with Gasteiger partial charge < -0.3 is 10.5 Å². The highest BCUT2D eigenvalue weighted by atomic mass is 16.5. The van der Waals surface area contributed by atoms with Crippen molar-refractivity contribution >= 4 is 0 Å². The van der Waals surface area contributed by atoms with Crippen LogP contribution in [0, 0.1) is 0 Å². The molecule has 3 nitrogen and oxygen atoms in total. The maximum Gasteiger partial charge on any atom is 0.0828 e. The maximum absolute atomic E-state index is 6.03. The molecule has 2 atom stereocenters. The third kappa shape index (κ3) is 1.87. The van der Waals surface area contributed by atoms with Crippen LogP contribution in [-0.4, -0.2) is 42.8 Å². The molecule has 0 bridgehead atoms. The number of nitrogens with zero attached hydrogens (tertiary/aromatic N) is 1. The lowest BCUT2D eigenvalue weighted by Crippen LogP contribution is -2.59. The predicted molar refractivity (Wildman–Crippen MR) is 52.6 cm³/mol. The van der Waals surface area contributed by atoms with Crippen molar-refractivity contribution in [1.29, 1.82) is 0 Å². The number of hydrogen-bond donors (Lipinski definition) is 1. The van der Waals surface area contributed by atoms with E-state index in [1.165, 1.54) is 19.3 Å². The van der Waals surface area contributed by atoms with Crippen molar-refractivity contribution in [2.24, 2.45) is 5.73 Å². The summed E-state index contributed by atoms with van der Waals surface area (Å²) in [4.78, 5) is 2.48. The van der Waals surface area contributed by atoms with Crippen molar-refractivity contribution < 1.29 is 4.74 Å². The van der Waals surface area contributed by atoms with E-state index in [9.17, 15) is 0 Å². The Kier molecular flexibility index (Phi) is 2.86. The SMILES string of the molecule is CCOC1CN(C2CCCC2N)C1. The van der Waals surface area contributed by atoms with Crippen molar-refractivity contribution in [2.75, 3.05) is 19.7 Å². The lowest BCUT2D eigenvalue weighted by Gasteiger charge is -2.44. The summed E-state index contributed by atoms with van der Waals surface area (Å²) < 4.78 is 5.52. The Morgan fingerprint density at radius 2 is 2.15 bits per heavy atom. The Bertz CT molecular complexity index is 168. The standard InChI is InChI=1S/C10H20N2O/c1-2-13-8-6-12(7-8)10-5-3-4-9(10)11/h8-10H,2-7,11H2,1H3. The van der Waals surface area contributed by atoms with Gasteiger partial charge in [-0.1, -0.05) is 6.42 Å². The van der Waals surface area contributed by atoms with E-state index < -0.39 is 0 Å². The third-order valence-corrected chi connectivity index (χ3v) is 3.28. The van der Waals surface area contributed by atoms with Gasteiger partial charge in [0, 0.05) is 31.8 Å². The van der Waals surface area contributed by atoms with Crippen LogP contribution in [0.3, 0.4) is 0 Å². The van der Waals surface area contributed by atoms with Crippen molar-refractivity contribution in [1.82, 2.24) is 4.90 Å². The molecular formula is C10H20N2O. The van der Waals surface area contributed by atoms with E-state index in [1.807, 2.05) is 0 Å². The molecule has 2 unspecified atom stereocenters. The quantitative estimate of drug-likeness (QED) is 0.697. The zero-order chi connectivity index (χ0) is 9.26. The normalized spacial score (nSPS) is 36.5. The molecule has 3 heteroatoms. The van der Waals surface area contributed by atoms with Gasteiger partial charge in [-0.2, -0.15) is 0 Å². The van der Waals surface area contributed by atoms with Gasteiger partial charge in [-0.25, -0.2) is 0 Å². The van der Waals surface area contributed by atoms with Crippen LogP contribution in [0.5, 0.6) is 0 Å². The summed E-state index contributed by atoms with van der Waals surface area (Å²) in [6, 6.07) is 1.07. The van der Waals surface area contributed by atoms with Crippen LogP contribution >= 0.6 is 0 Å². The van der Waals surface area contributed by atoms with E-state index in [2.05, 4.69) is 11.8 Å². The minimum Gasteiger partial charge on any atom is -0.376 e. The molecule has 2 aliphatic rings. The Balaban J connectivity index is 1.73. The zero-order valence-corrected chi connectivity index (χ0v) is 8.41. The van der Waals surface area contributed by atoms with Gasteiger partial charge >= 0.3 is 0 Å². The first-order valence-corrected chi connectivity index (χ1v) is 5.42. The van der Waals surface area contributed by atoms with E-state index in [4.69, 9.17) is 10.5 Å². The van der Waals surface area contributed by atoms with Crippen LogP contribution in [0.2, 0.25) is 0 Å². The van der Waals surface area contributed by atoms with Crippen LogP contribution in [0.15, 0.2) is 0 Å². The molecule has 1 aliphatic heterocycles.